The van der Waals surface area contributed by atoms with Gasteiger partial charge in [0.2, 0.25) is 0 Å². The normalized spacial score (nSPS) is 14.8. The number of esters is 1. The van der Waals surface area contributed by atoms with Crippen LogP contribution in [-0.4, -0.2) is 50.2 Å². The van der Waals surface area contributed by atoms with Gasteiger partial charge in [0, 0.05) is 12.0 Å². The molecule has 0 aliphatic carbocycles. The average Bonchev–Trinajstić information content (AvgIpc) is 2.95. The second kappa shape index (κ2) is 20.6. The molecule has 46 heavy (non-hydrogen) atoms. The van der Waals surface area contributed by atoms with Crippen molar-refractivity contribution in [1.29, 1.82) is 0 Å². The lowest BCUT2D eigenvalue weighted by Crippen LogP contribution is -2.26. The Hall–Kier alpha value is -2.65. The van der Waals surface area contributed by atoms with E-state index in [-0.39, 0.29) is 25.7 Å². The molecule has 0 bridgehead atoms. The predicted octanol–water partition coefficient (Wildman–Crippen LogP) is 8.07. The molecule has 0 saturated carbocycles. The molecule has 2 unspecified atom stereocenters. The van der Waals surface area contributed by atoms with Crippen LogP contribution >= 0.6 is 0 Å². The molecule has 9 nitrogen and oxygen atoms in total. The maximum Gasteiger partial charge on any atom is 0.311 e. The Morgan fingerprint density at radius 3 is 1.76 bits per heavy atom. The Balaban J connectivity index is 2.93. The van der Waals surface area contributed by atoms with E-state index in [0.717, 1.165) is 24.7 Å². The summed E-state index contributed by atoms with van der Waals surface area (Å²) in [6.07, 6.45) is 8.57. The lowest BCUT2D eigenvalue weighted by Gasteiger charge is -2.27. The molecule has 0 spiro atoms. The summed E-state index contributed by atoms with van der Waals surface area (Å²) >= 11 is 0. The maximum absolute atomic E-state index is 12.5. The number of carboxylic acids is 2. The van der Waals surface area contributed by atoms with Gasteiger partial charge in [-0.3, -0.25) is 14.4 Å². The van der Waals surface area contributed by atoms with E-state index in [4.69, 9.17) is 19.7 Å². The van der Waals surface area contributed by atoms with Gasteiger partial charge in [-0.2, -0.15) is 0 Å². The molecule has 1 aromatic carbocycles. The topological polar surface area (TPSA) is 151 Å². The molecular weight excluding hydrogens is 588 g/mol. The van der Waals surface area contributed by atoms with Crippen molar-refractivity contribution in [3.05, 3.63) is 22.3 Å². The molecule has 0 amide bonds. The highest BCUT2D eigenvalue weighted by Gasteiger charge is 2.27. The molecule has 264 valence electrons. The van der Waals surface area contributed by atoms with Crippen LogP contribution in [0, 0.1) is 38.5 Å². The number of hydrogen-bond donors (Lipinski definition) is 4. The summed E-state index contributed by atoms with van der Waals surface area (Å²) in [5, 5.41) is 39.8. The van der Waals surface area contributed by atoms with Crippen molar-refractivity contribution in [3.63, 3.8) is 0 Å². The first-order chi connectivity index (χ1) is 21.4. The molecule has 0 aliphatic heterocycles. The fraction of sp³-hybridized carbons (Fsp3) is 0.757. The zero-order valence-corrected chi connectivity index (χ0v) is 29.7. The second-order valence-corrected chi connectivity index (χ2v) is 14.2. The van der Waals surface area contributed by atoms with Crippen molar-refractivity contribution in [2.75, 3.05) is 0 Å². The van der Waals surface area contributed by atoms with E-state index in [2.05, 4.69) is 27.7 Å². The Morgan fingerprint density at radius 1 is 0.696 bits per heavy atom. The van der Waals surface area contributed by atoms with Gasteiger partial charge in [-0.1, -0.05) is 79.1 Å². The number of aliphatic carboxylic acids is 2. The highest BCUT2D eigenvalue weighted by atomic mass is 16.6. The van der Waals surface area contributed by atoms with Crippen LogP contribution in [0.15, 0.2) is 0 Å². The lowest BCUT2D eigenvalue weighted by molar-refractivity contribution is -0.142. The van der Waals surface area contributed by atoms with E-state index >= 15 is 0 Å². The molecule has 0 aromatic heterocycles. The molecule has 0 radical (unpaired) electrons. The number of aliphatic hydroxyl groups is 2. The number of aliphatic hydroxyl groups excluding tert-OH is 1. The van der Waals surface area contributed by atoms with Crippen LogP contribution in [0.1, 0.15) is 147 Å². The number of benzene rings is 1. The number of carbonyl (C=O) groups is 3. The Bertz CT molecular complexity index is 1110. The van der Waals surface area contributed by atoms with Crippen molar-refractivity contribution < 1.29 is 44.3 Å². The summed E-state index contributed by atoms with van der Waals surface area (Å²) in [5.74, 6) is -0.0115. The minimum absolute atomic E-state index is 0.106. The minimum atomic E-state index is -1.36. The van der Waals surface area contributed by atoms with Crippen molar-refractivity contribution in [1.82, 2.24) is 0 Å². The fourth-order valence-electron chi connectivity index (χ4n) is 5.91. The number of rotatable bonds is 24. The van der Waals surface area contributed by atoms with Crippen LogP contribution in [-0.2, 0) is 20.8 Å². The first-order valence-electron chi connectivity index (χ1n) is 17.3. The SMILES string of the molecule is Cc1c(C)c(OC(O)CCC(=O)O)c(CCC(C)(O)CCC[C@H](C)CCC[C@H](C)CCCC(C)C)c(C)c1OC(=O)CCC(=O)O. The van der Waals surface area contributed by atoms with Crippen LogP contribution in [0.25, 0.3) is 0 Å². The van der Waals surface area contributed by atoms with Crippen LogP contribution in [0.4, 0.5) is 0 Å². The smallest absolute Gasteiger partial charge is 0.311 e. The summed E-state index contributed by atoms with van der Waals surface area (Å²) in [5.41, 5.74) is 1.48. The Labute approximate surface area is 277 Å². The zero-order valence-electron chi connectivity index (χ0n) is 29.7. The van der Waals surface area contributed by atoms with Gasteiger partial charge < -0.3 is 29.9 Å². The van der Waals surface area contributed by atoms with E-state index in [0.29, 0.717) is 58.9 Å². The fourth-order valence-corrected chi connectivity index (χ4v) is 5.91. The Kier molecular flexibility index (Phi) is 18.5. The van der Waals surface area contributed by atoms with Gasteiger partial charge in [-0.25, -0.2) is 0 Å². The van der Waals surface area contributed by atoms with Crippen LogP contribution < -0.4 is 9.47 Å². The third-order valence-corrected chi connectivity index (χ3v) is 9.13. The van der Waals surface area contributed by atoms with E-state index in [1.165, 1.54) is 38.5 Å². The molecule has 4 atom stereocenters. The van der Waals surface area contributed by atoms with Crippen molar-refractivity contribution in [2.24, 2.45) is 17.8 Å². The highest BCUT2D eigenvalue weighted by Crippen LogP contribution is 2.40. The summed E-state index contributed by atoms with van der Waals surface area (Å²) in [4.78, 5) is 34.4. The van der Waals surface area contributed by atoms with Crippen LogP contribution in [0.3, 0.4) is 0 Å². The number of carboxylic acid groups (broad SMARTS) is 2. The van der Waals surface area contributed by atoms with E-state index in [1.54, 1.807) is 20.8 Å². The van der Waals surface area contributed by atoms with Gasteiger partial charge in [0.1, 0.15) is 11.5 Å². The maximum atomic E-state index is 12.5. The first kappa shape index (κ1) is 41.4. The average molecular weight is 651 g/mol. The van der Waals surface area contributed by atoms with Crippen molar-refractivity contribution in [2.45, 2.75) is 164 Å². The molecule has 4 N–H and O–H groups in total. The number of carbonyl (C=O) groups excluding carboxylic acids is 1. The van der Waals surface area contributed by atoms with E-state index < -0.39 is 29.8 Å². The van der Waals surface area contributed by atoms with Gasteiger partial charge in [-0.15, -0.1) is 0 Å². The largest absolute Gasteiger partial charge is 0.481 e. The van der Waals surface area contributed by atoms with Crippen molar-refractivity contribution >= 4 is 17.9 Å². The number of hydrogen-bond acceptors (Lipinski definition) is 7. The van der Waals surface area contributed by atoms with Gasteiger partial charge in [0.05, 0.1) is 24.9 Å². The van der Waals surface area contributed by atoms with Gasteiger partial charge in [-0.05, 0) is 81.4 Å². The third-order valence-electron chi connectivity index (χ3n) is 9.13. The Morgan fingerprint density at radius 2 is 1.22 bits per heavy atom. The highest BCUT2D eigenvalue weighted by molar-refractivity contribution is 5.79. The molecule has 0 saturated heterocycles. The summed E-state index contributed by atoms with van der Waals surface area (Å²) in [6, 6.07) is 0. The predicted molar refractivity (Wildman–Crippen MR) is 180 cm³/mol. The molecule has 0 heterocycles. The molecule has 0 aliphatic rings. The molecule has 1 aromatic rings. The van der Waals surface area contributed by atoms with Gasteiger partial charge >= 0.3 is 17.9 Å². The molecular formula is C37H62O9. The first-order valence-corrected chi connectivity index (χ1v) is 17.3. The summed E-state index contributed by atoms with van der Waals surface area (Å²) in [7, 11) is 0. The second-order valence-electron chi connectivity index (χ2n) is 14.2. The van der Waals surface area contributed by atoms with Crippen LogP contribution in [0.2, 0.25) is 0 Å². The number of ether oxygens (including phenoxy) is 2. The van der Waals surface area contributed by atoms with Gasteiger partial charge in [0.25, 0.3) is 0 Å². The van der Waals surface area contributed by atoms with E-state index in [1.807, 2.05) is 6.92 Å². The monoisotopic (exact) mass is 650 g/mol. The standard InChI is InChI=1S/C37H62O9/c1-24(2)12-9-13-25(3)14-10-15-26(4)16-11-22-37(8,44)23-21-30-29(7)35(45-33(42)19-17-31(38)39)27(5)28(6)36(30)46-34(43)20-18-32(40)41/h24-26,34,43-44H,9-23H2,1-8H3,(H,38,39)(H,40,41)/t25-,26-,34?,37?/m1/s1. The molecule has 9 heteroatoms. The molecule has 1 rings (SSSR count). The lowest BCUT2D eigenvalue weighted by atomic mass is 9.86. The molecule has 0 fully saturated rings. The third kappa shape index (κ3) is 16.3. The van der Waals surface area contributed by atoms with Gasteiger partial charge in [0.15, 0.2) is 6.29 Å². The summed E-state index contributed by atoms with van der Waals surface area (Å²) < 4.78 is 11.5. The minimum Gasteiger partial charge on any atom is -0.481 e. The quantitative estimate of drug-likeness (QED) is 0.0495. The van der Waals surface area contributed by atoms with E-state index in [9.17, 15) is 24.6 Å². The zero-order chi connectivity index (χ0) is 35.0. The van der Waals surface area contributed by atoms with Crippen molar-refractivity contribution in [3.8, 4) is 11.5 Å². The summed E-state index contributed by atoms with van der Waals surface area (Å²) in [6.45, 7) is 16.3. The van der Waals surface area contributed by atoms with Crippen LogP contribution in [0.5, 0.6) is 11.5 Å².